The molecule has 1 heterocycles. The van der Waals surface area contributed by atoms with Gasteiger partial charge in [0.05, 0.1) is 12.1 Å². The summed E-state index contributed by atoms with van der Waals surface area (Å²) in [7, 11) is 0. The number of nitrogens with one attached hydrogen (secondary N) is 2. The van der Waals surface area contributed by atoms with Gasteiger partial charge in [-0.1, -0.05) is 13.8 Å². The van der Waals surface area contributed by atoms with E-state index in [1.165, 1.54) is 0 Å². The molecule has 0 aromatic heterocycles. The van der Waals surface area contributed by atoms with Crippen molar-refractivity contribution < 1.29 is 9.53 Å². The van der Waals surface area contributed by atoms with Crippen LogP contribution in [0.4, 0.5) is 0 Å². The SMILES string of the molecule is CC(C)CNC(=O)CNC1CCOC(C)(C)C1. The van der Waals surface area contributed by atoms with Gasteiger partial charge in [-0.05, 0) is 32.6 Å². The van der Waals surface area contributed by atoms with Crippen LogP contribution in [-0.4, -0.2) is 37.2 Å². The molecule has 100 valence electrons. The molecule has 4 nitrogen and oxygen atoms in total. The fourth-order valence-corrected chi connectivity index (χ4v) is 2.02. The summed E-state index contributed by atoms with van der Waals surface area (Å²) in [5.41, 5.74) is -0.0652. The van der Waals surface area contributed by atoms with Gasteiger partial charge in [-0.2, -0.15) is 0 Å². The number of carbonyl (C=O) groups is 1. The average molecular weight is 242 g/mol. The Kier molecular flexibility index (Phi) is 5.40. The minimum atomic E-state index is -0.0652. The van der Waals surface area contributed by atoms with Gasteiger partial charge < -0.3 is 15.4 Å². The molecule has 0 bridgehead atoms. The second kappa shape index (κ2) is 6.36. The molecule has 1 aliphatic heterocycles. The van der Waals surface area contributed by atoms with E-state index in [-0.39, 0.29) is 11.5 Å². The molecule has 4 heteroatoms. The molecule has 0 spiro atoms. The van der Waals surface area contributed by atoms with Gasteiger partial charge in [0.25, 0.3) is 0 Å². The van der Waals surface area contributed by atoms with Crippen molar-refractivity contribution in [3.05, 3.63) is 0 Å². The topological polar surface area (TPSA) is 50.4 Å². The second-order valence-corrected chi connectivity index (χ2v) is 5.88. The lowest BCUT2D eigenvalue weighted by Crippen LogP contribution is -2.47. The van der Waals surface area contributed by atoms with E-state index in [0.717, 1.165) is 26.0 Å². The average Bonchev–Trinajstić information content (AvgIpc) is 2.22. The molecule has 1 rings (SSSR count). The summed E-state index contributed by atoms with van der Waals surface area (Å²) in [6, 6.07) is 0.392. The third-order valence-corrected chi connectivity index (χ3v) is 2.96. The number of rotatable bonds is 5. The first kappa shape index (κ1) is 14.5. The quantitative estimate of drug-likeness (QED) is 0.764. The molecular formula is C13H26N2O2. The molecule has 0 aromatic rings. The molecule has 0 radical (unpaired) electrons. The molecule has 1 atom stereocenters. The standard InChI is InChI=1S/C13H26N2O2/c1-10(2)8-15-12(16)9-14-11-5-6-17-13(3,4)7-11/h10-11,14H,5-9H2,1-4H3,(H,15,16). The van der Waals surface area contributed by atoms with Crippen LogP contribution >= 0.6 is 0 Å². The van der Waals surface area contributed by atoms with Gasteiger partial charge in [0.15, 0.2) is 0 Å². The Labute approximate surface area is 104 Å². The van der Waals surface area contributed by atoms with Crippen molar-refractivity contribution in [2.75, 3.05) is 19.7 Å². The van der Waals surface area contributed by atoms with Crippen LogP contribution in [0.15, 0.2) is 0 Å². The molecule has 0 aromatic carbocycles. The van der Waals surface area contributed by atoms with Gasteiger partial charge in [-0.25, -0.2) is 0 Å². The lowest BCUT2D eigenvalue weighted by atomic mass is 9.94. The van der Waals surface area contributed by atoms with Gasteiger partial charge >= 0.3 is 0 Å². The summed E-state index contributed by atoms with van der Waals surface area (Å²) in [5, 5.41) is 6.22. The van der Waals surface area contributed by atoms with Gasteiger partial charge in [0.2, 0.25) is 5.91 Å². The minimum absolute atomic E-state index is 0.0652. The van der Waals surface area contributed by atoms with E-state index >= 15 is 0 Å². The zero-order valence-corrected chi connectivity index (χ0v) is 11.5. The maximum atomic E-state index is 11.5. The van der Waals surface area contributed by atoms with Crippen molar-refractivity contribution in [2.45, 2.75) is 52.2 Å². The maximum Gasteiger partial charge on any atom is 0.233 e. The molecule has 0 aliphatic carbocycles. The van der Waals surface area contributed by atoms with Gasteiger partial charge in [0.1, 0.15) is 0 Å². The van der Waals surface area contributed by atoms with Crippen molar-refractivity contribution in [3.8, 4) is 0 Å². The molecular weight excluding hydrogens is 216 g/mol. The van der Waals surface area contributed by atoms with Gasteiger partial charge in [-0.3, -0.25) is 4.79 Å². The van der Waals surface area contributed by atoms with Crippen LogP contribution in [0.2, 0.25) is 0 Å². The molecule has 1 saturated heterocycles. The zero-order chi connectivity index (χ0) is 12.9. The van der Waals surface area contributed by atoms with E-state index in [2.05, 4.69) is 38.3 Å². The van der Waals surface area contributed by atoms with Crippen LogP contribution in [0.3, 0.4) is 0 Å². The van der Waals surface area contributed by atoms with Crippen molar-refractivity contribution in [2.24, 2.45) is 5.92 Å². The Bertz CT molecular complexity index is 252. The summed E-state index contributed by atoms with van der Waals surface area (Å²) >= 11 is 0. The largest absolute Gasteiger partial charge is 0.375 e. The smallest absolute Gasteiger partial charge is 0.233 e. The van der Waals surface area contributed by atoms with E-state index in [4.69, 9.17) is 4.74 Å². The van der Waals surface area contributed by atoms with E-state index in [0.29, 0.717) is 18.5 Å². The zero-order valence-electron chi connectivity index (χ0n) is 11.5. The Hall–Kier alpha value is -0.610. The third kappa shape index (κ3) is 6.03. The predicted octanol–water partition coefficient (Wildman–Crippen LogP) is 1.31. The van der Waals surface area contributed by atoms with Crippen molar-refractivity contribution >= 4 is 5.91 Å². The van der Waals surface area contributed by atoms with E-state index in [9.17, 15) is 4.79 Å². The van der Waals surface area contributed by atoms with Crippen LogP contribution in [0, 0.1) is 5.92 Å². The highest BCUT2D eigenvalue weighted by Crippen LogP contribution is 2.23. The fraction of sp³-hybridized carbons (Fsp3) is 0.923. The number of ether oxygens (including phenoxy) is 1. The number of hydrogen-bond acceptors (Lipinski definition) is 3. The van der Waals surface area contributed by atoms with Crippen LogP contribution in [-0.2, 0) is 9.53 Å². The molecule has 17 heavy (non-hydrogen) atoms. The monoisotopic (exact) mass is 242 g/mol. The lowest BCUT2D eigenvalue weighted by molar-refractivity contribution is -0.121. The molecule has 1 aliphatic rings. The summed E-state index contributed by atoms with van der Waals surface area (Å²) < 4.78 is 5.64. The maximum absolute atomic E-state index is 11.5. The number of amides is 1. The van der Waals surface area contributed by atoms with Crippen LogP contribution in [0.1, 0.15) is 40.5 Å². The lowest BCUT2D eigenvalue weighted by Gasteiger charge is -2.35. The third-order valence-electron chi connectivity index (χ3n) is 2.96. The van der Waals surface area contributed by atoms with Crippen molar-refractivity contribution in [1.82, 2.24) is 10.6 Å². The van der Waals surface area contributed by atoms with Crippen LogP contribution < -0.4 is 10.6 Å². The highest BCUT2D eigenvalue weighted by Gasteiger charge is 2.28. The summed E-state index contributed by atoms with van der Waals surface area (Å²) in [5.74, 6) is 0.587. The highest BCUT2D eigenvalue weighted by molar-refractivity contribution is 5.77. The normalized spacial score (nSPS) is 23.7. The van der Waals surface area contributed by atoms with Gasteiger partial charge in [-0.15, -0.1) is 0 Å². The fourth-order valence-electron chi connectivity index (χ4n) is 2.02. The Morgan fingerprint density at radius 3 is 2.76 bits per heavy atom. The first-order valence-corrected chi connectivity index (χ1v) is 6.53. The first-order valence-electron chi connectivity index (χ1n) is 6.53. The Balaban J connectivity index is 2.19. The Morgan fingerprint density at radius 2 is 2.18 bits per heavy atom. The molecule has 0 saturated carbocycles. The summed E-state index contributed by atoms with van der Waals surface area (Å²) in [6.45, 7) is 10.3. The first-order chi connectivity index (χ1) is 7.89. The van der Waals surface area contributed by atoms with E-state index < -0.39 is 0 Å². The Morgan fingerprint density at radius 1 is 1.47 bits per heavy atom. The summed E-state index contributed by atoms with van der Waals surface area (Å²) in [6.07, 6.45) is 1.95. The van der Waals surface area contributed by atoms with Crippen molar-refractivity contribution in [3.63, 3.8) is 0 Å². The second-order valence-electron chi connectivity index (χ2n) is 5.88. The molecule has 1 unspecified atom stereocenters. The van der Waals surface area contributed by atoms with Crippen molar-refractivity contribution in [1.29, 1.82) is 0 Å². The van der Waals surface area contributed by atoms with Gasteiger partial charge in [0, 0.05) is 19.2 Å². The van der Waals surface area contributed by atoms with E-state index in [1.807, 2.05) is 0 Å². The highest BCUT2D eigenvalue weighted by atomic mass is 16.5. The number of hydrogen-bond donors (Lipinski definition) is 2. The van der Waals surface area contributed by atoms with Crippen LogP contribution in [0.5, 0.6) is 0 Å². The molecule has 1 fully saturated rings. The van der Waals surface area contributed by atoms with Crippen LogP contribution in [0.25, 0.3) is 0 Å². The molecule has 1 amide bonds. The van der Waals surface area contributed by atoms with E-state index in [1.54, 1.807) is 0 Å². The summed E-state index contributed by atoms with van der Waals surface area (Å²) in [4.78, 5) is 11.5. The minimum Gasteiger partial charge on any atom is -0.375 e. The molecule has 2 N–H and O–H groups in total. The number of carbonyl (C=O) groups excluding carboxylic acids is 1. The predicted molar refractivity (Wildman–Crippen MR) is 68.9 cm³/mol.